The molecule has 1 aromatic heterocycles. The van der Waals surface area contributed by atoms with Crippen molar-refractivity contribution in [2.75, 3.05) is 19.0 Å². The maximum atomic E-state index is 9.30. The number of fused-ring (bicyclic) bond motifs is 1. The van der Waals surface area contributed by atoms with Crippen LogP contribution in [0.15, 0.2) is 30.3 Å². The highest BCUT2D eigenvalue weighted by atomic mass is 16.5. The fourth-order valence-corrected chi connectivity index (χ4v) is 2.07. The van der Waals surface area contributed by atoms with Gasteiger partial charge in [-0.25, -0.2) is 4.98 Å². The first-order chi connectivity index (χ1) is 9.65. The Bertz CT molecular complexity index is 631. The van der Waals surface area contributed by atoms with Gasteiger partial charge in [0.25, 0.3) is 0 Å². The van der Waals surface area contributed by atoms with E-state index in [1.165, 1.54) is 0 Å². The smallest absolute Gasteiger partial charge is 0.144 e. The molecule has 1 aromatic carbocycles. The standard InChI is InChI=1S/C16H19N3O/c1-11(2)15(10-20-3)19-16-13(9-17)8-12-6-4-5-7-14(12)18-16/h4-8,11,15H,10H2,1-3H3,(H,18,19). The Morgan fingerprint density at radius 2 is 2.10 bits per heavy atom. The normalized spacial score (nSPS) is 12.3. The zero-order chi connectivity index (χ0) is 14.5. The molecule has 0 fully saturated rings. The van der Waals surface area contributed by atoms with E-state index in [4.69, 9.17) is 4.74 Å². The number of anilines is 1. The molecule has 0 spiro atoms. The van der Waals surface area contributed by atoms with Crippen LogP contribution in [0.5, 0.6) is 0 Å². The van der Waals surface area contributed by atoms with Crippen molar-refractivity contribution < 1.29 is 4.74 Å². The molecule has 1 atom stereocenters. The van der Waals surface area contributed by atoms with Gasteiger partial charge in [-0.2, -0.15) is 5.26 Å². The van der Waals surface area contributed by atoms with Crippen LogP contribution < -0.4 is 5.32 Å². The number of methoxy groups -OCH3 is 1. The first kappa shape index (κ1) is 14.3. The zero-order valence-corrected chi connectivity index (χ0v) is 12.1. The van der Waals surface area contributed by atoms with Crippen molar-refractivity contribution >= 4 is 16.7 Å². The van der Waals surface area contributed by atoms with E-state index in [2.05, 4.69) is 30.2 Å². The lowest BCUT2D eigenvalue weighted by molar-refractivity contribution is 0.171. The van der Waals surface area contributed by atoms with Gasteiger partial charge >= 0.3 is 0 Å². The molecular formula is C16H19N3O. The van der Waals surface area contributed by atoms with Crippen LogP contribution in [0.1, 0.15) is 19.4 Å². The summed E-state index contributed by atoms with van der Waals surface area (Å²) < 4.78 is 5.23. The largest absolute Gasteiger partial charge is 0.383 e. The third kappa shape index (κ3) is 3.06. The van der Waals surface area contributed by atoms with Crippen molar-refractivity contribution in [3.05, 3.63) is 35.9 Å². The van der Waals surface area contributed by atoms with E-state index < -0.39 is 0 Å². The summed E-state index contributed by atoms with van der Waals surface area (Å²) in [4.78, 5) is 4.56. The summed E-state index contributed by atoms with van der Waals surface area (Å²) in [7, 11) is 1.68. The molecule has 2 rings (SSSR count). The summed E-state index contributed by atoms with van der Waals surface area (Å²) in [5.41, 5.74) is 1.44. The minimum absolute atomic E-state index is 0.126. The molecule has 0 saturated heterocycles. The second-order valence-corrected chi connectivity index (χ2v) is 5.14. The van der Waals surface area contributed by atoms with Crippen LogP contribution in [0.2, 0.25) is 0 Å². The number of pyridine rings is 1. The van der Waals surface area contributed by atoms with Crippen LogP contribution in [0.4, 0.5) is 5.82 Å². The molecule has 20 heavy (non-hydrogen) atoms. The highest BCUT2D eigenvalue weighted by Gasteiger charge is 2.16. The molecule has 4 nitrogen and oxygen atoms in total. The third-order valence-electron chi connectivity index (χ3n) is 3.32. The van der Waals surface area contributed by atoms with E-state index in [1.807, 2.05) is 30.3 Å². The Morgan fingerprint density at radius 1 is 1.35 bits per heavy atom. The maximum Gasteiger partial charge on any atom is 0.144 e. The lowest BCUT2D eigenvalue weighted by atomic mass is 10.0. The van der Waals surface area contributed by atoms with Crippen LogP contribution in [0.25, 0.3) is 10.9 Å². The second-order valence-electron chi connectivity index (χ2n) is 5.14. The van der Waals surface area contributed by atoms with E-state index in [0.717, 1.165) is 10.9 Å². The molecule has 0 aliphatic carbocycles. The van der Waals surface area contributed by atoms with Crippen LogP contribution in [-0.4, -0.2) is 24.7 Å². The lowest BCUT2D eigenvalue weighted by Gasteiger charge is -2.22. The molecule has 0 radical (unpaired) electrons. The number of nitriles is 1. The molecule has 0 saturated carbocycles. The van der Waals surface area contributed by atoms with Gasteiger partial charge in [0.2, 0.25) is 0 Å². The molecule has 0 bridgehead atoms. The van der Waals surface area contributed by atoms with Crippen molar-refractivity contribution in [3.8, 4) is 6.07 Å². The number of aromatic nitrogens is 1. The molecular weight excluding hydrogens is 250 g/mol. The first-order valence-electron chi connectivity index (χ1n) is 6.71. The van der Waals surface area contributed by atoms with E-state index in [1.54, 1.807) is 7.11 Å². The van der Waals surface area contributed by atoms with E-state index in [-0.39, 0.29) is 6.04 Å². The molecule has 1 N–H and O–H groups in total. The summed E-state index contributed by atoms with van der Waals surface area (Å²) >= 11 is 0. The van der Waals surface area contributed by atoms with Gasteiger partial charge in [-0.05, 0) is 18.1 Å². The first-order valence-corrected chi connectivity index (χ1v) is 6.71. The average molecular weight is 269 g/mol. The van der Waals surface area contributed by atoms with E-state index in [9.17, 15) is 5.26 Å². The topological polar surface area (TPSA) is 57.9 Å². The fraction of sp³-hybridized carbons (Fsp3) is 0.375. The highest BCUT2D eigenvalue weighted by Crippen LogP contribution is 2.21. The summed E-state index contributed by atoms with van der Waals surface area (Å²) in [6.45, 7) is 4.81. The summed E-state index contributed by atoms with van der Waals surface area (Å²) in [5, 5.41) is 13.6. The second kappa shape index (κ2) is 6.36. The van der Waals surface area contributed by atoms with Gasteiger partial charge in [-0.3, -0.25) is 0 Å². The van der Waals surface area contributed by atoms with Gasteiger partial charge in [0.1, 0.15) is 11.9 Å². The lowest BCUT2D eigenvalue weighted by Crippen LogP contribution is -2.31. The Hall–Kier alpha value is -2.12. The Balaban J connectivity index is 2.39. The predicted molar refractivity (Wildman–Crippen MR) is 80.6 cm³/mol. The number of nitrogens with zero attached hydrogens (tertiary/aromatic N) is 2. The minimum atomic E-state index is 0.126. The van der Waals surface area contributed by atoms with Gasteiger partial charge in [-0.15, -0.1) is 0 Å². The van der Waals surface area contributed by atoms with E-state index in [0.29, 0.717) is 23.9 Å². The molecule has 4 heteroatoms. The number of rotatable bonds is 5. The van der Waals surface area contributed by atoms with Crippen LogP contribution >= 0.6 is 0 Å². The van der Waals surface area contributed by atoms with Crippen molar-refractivity contribution in [1.82, 2.24) is 4.98 Å². The number of benzene rings is 1. The summed E-state index contributed by atoms with van der Waals surface area (Å²) in [6.07, 6.45) is 0. The maximum absolute atomic E-state index is 9.30. The molecule has 1 unspecified atom stereocenters. The highest BCUT2D eigenvalue weighted by molar-refractivity contribution is 5.82. The van der Waals surface area contributed by atoms with Crippen molar-refractivity contribution in [2.24, 2.45) is 5.92 Å². The Morgan fingerprint density at radius 3 is 2.75 bits per heavy atom. The molecule has 0 aliphatic heterocycles. The fourth-order valence-electron chi connectivity index (χ4n) is 2.07. The van der Waals surface area contributed by atoms with Gasteiger partial charge < -0.3 is 10.1 Å². The molecule has 0 aliphatic rings. The quantitative estimate of drug-likeness (QED) is 0.905. The number of ether oxygens (including phenoxy) is 1. The summed E-state index contributed by atoms with van der Waals surface area (Å²) in [6, 6.07) is 12.0. The number of nitrogens with one attached hydrogen (secondary N) is 1. The zero-order valence-electron chi connectivity index (χ0n) is 12.1. The van der Waals surface area contributed by atoms with Gasteiger partial charge in [0.15, 0.2) is 0 Å². The molecule has 1 heterocycles. The molecule has 104 valence electrons. The van der Waals surface area contributed by atoms with Crippen LogP contribution in [-0.2, 0) is 4.74 Å². The number of para-hydroxylation sites is 1. The van der Waals surface area contributed by atoms with Crippen molar-refractivity contribution in [1.29, 1.82) is 5.26 Å². The van der Waals surface area contributed by atoms with Gasteiger partial charge in [0, 0.05) is 12.5 Å². The predicted octanol–water partition coefficient (Wildman–Crippen LogP) is 3.19. The number of hydrogen-bond acceptors (Lipinski definition) is 4. The van der Waals surface area contributed by atoms with Gasteiger partial charge in [0.05, 0.1) is 23.7 Å². The monoisotopic (exact) mass is 269 g/mol. The average Bonchev–Trinajstić information content (AvgIpc) is 2.45. The van der Waals surface area contributed by atoms with Crippen molar-refractivity contribution in [2.45, 2.75) is 19.9 Å². The number of hydrogen-bond donors (Lipinski definition) is 1. The molecule has 0 amide bonds. The Kier molecular flexibility index (Phi) is 4.54. The van der Waals surface area contributed by atoms with Gasteiger partial charge in [-0.1, -0.05) is 32.0 Å². The van der Waals surface area contributed by atoms with E-state index >= 15 is 0 Å². The van der Waals surface area contributed by atoms with Crippen molar-refractivity contribution in [3.63, 3.8) is 0 Å². The molecule has 2 aromatic rings. The van der Waals surface area contributed by atoms with Crippen LogP contribution in [0, 0.1) is 17.2 Å². The third-order valence-corrected chi connectivity index (χ3v) is 3.32. The summed E-state index contributed by atoms with van der Waals surface area (Å²) in [5.74, 6) is 1.01. The SMILES string of the molecule is COCC(Nc1nc2ccccc2cc1C#N)C(C)C. The Labute approximate surface area is 119 Å². The minimum Gasteiger partial charge on any atom is -0.383 e. The van der Waals surface area contributed by atoms with Crippen LogP contribution in [0.3, 0.4) is 0 Å².